The minimum Gasteiger partial charge on any atom is -0.466 e. The topological polar surface area (TPSA) is 79.3 Å². The number of aryl methyl sites for hydroxylation is 2. The van der Waals surface area contributed by atoms with E-state index in [2.05, 4.69) is 40.5 Å². The summed E-state index contributed by atoms with van der Waals surface area (Å²) in [6.07, 6.45) is 3.64. The van der Waals surface area contributed by atoms with E-state index in [-0.39, 0.29) is 5.97 Å². The number of hydrogen-bond donors (Lipinski definition) is 1. The number of anilines is 2. The SMILES string of the molecule is Cc1cccc(C=NNc2cc(N3CCOCC3)cc(CCCOC(=O)CCN(C)C)n2)c1. The molecule has 1 aliphatic rings. The van der Waals surface area contributed by atoms with Gasteiger partial charge in [-0.15, -0.1) is 0 Å². The van der Waals surface area contributed by atoms with Gasteiger partial charge in [-0.05, 0) is 45.5 Å². The predicted molar refractivity (Wildman–Crippen MR) is 132 cm³/mol. The Hall–Kier alpha value is -2.97. The van der Waals surface area contributed by atoms with Gasteiger partial charge in [0.05, 0.1) is 32.5 Å². The molecular formula is C25H35N5O3. The van der Waals surface area contributed by atoms with Gasteiger partial charge in [-0.3, -0.25) is 10.2 Å². The maximum absolute atomic E-state index is 11.8. The number of ether oxygens (including phenoxy) is 2. The lowest BCUT2D eigenvalue weighted by atomic mass is 10.2. The molecule has 3 rings (SSSR count). The number of nitrogens with one attached hydrogen (secondary N) is 1. The summed E-state index contributed by atoms with van der Waals surface area (Å²) >= 11 is 0. The van der Waals surface area contributed by atoms with Crippen LogP contribution in [0.1, 0.15) is 29.7 Å². The van der Waals surface area contributed by atoms with Crippen LogP contribution in [0.25, 0.3) is 0 Å². The fraction of sp³-hybridized carbons (Fsp3) is 0.480. The lowest BCUT2D eigenvalue weighted by Crippen LogP contribution is -2.36. The van der Waals surface area contributed by atoms with Gasteiger partial charge in [-0.25, -0.2) is 4.98 Å². The summed E-state index contributed by atoms with van der Waals surface area (Å²) in [6.45, 7) is 6.27. The van der Waals surface area contributed by atoms with Crippen LogP contribution in [0.15, 0.2) is 41.5 Å². The van der Waals surface area contributed by atoms with Crippen molar-refractivity contribution in [2.75, 3.05) is 63.9 Å². The summed E-state index contributed by atoms with van der Waals surface area (Å²) in [4.78, 5) is 20.8. The van der Waals surface area contributed by atoms with Crippen molar-refractivity contribution in [1.29, 1.82) is 0 Å². The predicted octanol–water partition coefficient (Wildman–Crippen LogP) is 3.10. The largest absolute Gasteiger partial charge is 0.466 e. The van der Waals surface area contributed by atoms with Crippen molar-refractivity contribution >= 4 is 23.7 Å². The zero-order chi connectivity index (χ0) is 23.5. The van der Waals surface area contributed by atoms with Crippen molar-refractivity contribution < 1.29 is 14.3 Å². The van der Waals surface area contributed by atoms with Crippen molar-refractivity contribution in [3.63, 3.8) is 0 Å². The molecule has 0 aliphatic carbocycles. The van der Waals surface area contributed by atoms with Gasteiger partial charge >= 0.3 is 5.97 Å². The fourth-order valence-electron chi connectivity index (χ4n) is 3.51. The van der Waals surface area contributed by atoms with Crippen LogP contribution in [0.4, 0.5) is 11.5 Å². The van der Waals surface area contributed by atoms with E-state index in [1.165, 1.54) is 5.56 Å². The van der Waals surface area contributed by atoms with Crippen molar-refractivity contribution in [3.8, 4) is 0 Å². The lowest BCUT2D eigenvalue weighted by Gasteiger charge is -2.29. The Labute approximate surface area is 196 Å². The summed E-state index contributed by atoms with van der Waals surface area (Å²) in [5, 5.41) is 4.38. The third kappa shape index (κ3) is 8.82. The first-order valence-electron chi connectivity index (χ1n) is 11.5. The molecule has 8 heteroatoms. The molecule has 0 unspecified atom stereocenters. The number of morpholine rings is 1. The van der Waals surface area contributed by atoms with E-state index in [0.29, 0.717) is 25.4 Å². The van der Waals surface area contributed by atoms with Crippen LogP contribution in [-0.2, 0) is 20.7 Å². The third-order valence-electron chi connectivity index (χ3n) is 5.28. The van der Waals surface area contributed by atoms with E-state index >= 15 is 0 Å². The molecule has 2 heterocycles. The summed E-state index contributed by atoms with van der Waals surface area (Å²) in [5.41, 5.74) is 7.34. The van der Waals surface area contributed by atoms with Gasteiger partial charge < -0.3 is 19.3 Å². The summed E-state index contributed by atoms with van der Waals surface area (Å²) in [6, 6.07) is 12.3. The molecule has 1 fully saturated rings. The van der Waals surface area contributed by atoms with Gasteiger partial charge in [0.25, 0.3) is 0 Å². The Kier molecular flexibility index (Phi) is 9.65. The number of hydrogen-bond acceptors (Lipinski definition) is 8. The van der Waals surface area contributed by atoms with Gasteiger partial charge in [-0.2, -0.15) is 5.10 Å². The molecular weight excluding hydrogens is 418 g/mol. The molecule has 1 aromatic carbocycles. The van der Waals surface area contributed by atoms with E-state index < -0.39 is 0 Å². The van der Waals surface area contributed by atoms with Crippen molar-refractivity contribution in [1.82, 2.24) is 9.88 Å². The highest BCUT2D eigenvalue weighted by Crippen LogP contribution is 2.22. The standard InChI is InChI=1S/C25H35N5O3/c1-20-6-4-7-21(16-20)19-26-28-24-18-23(30-11-14-32-15-12-30)17-22(27-24)8-5-13-33-25(31)9-10-29(2)3/h4,6-7,16-19H,5,8-15H2,1-3H3,(H,27,28). The summed E-state index contributed by atoms with van der Waals surface area (Å²) in [5.74, 6) is 0.535. The average Bonchev–Trinajstić information content (AvgIpc) is 2.81. The summed E-state index contributed by atoms with van der Waals surface area (Å²) < 4.78 is 10.8. The zero-order valence-electron chi connectivity index (χ0n) is 19.9. The van der Waals surface area contributed by atoms with E-state index in [9.17, 15) is 4.79 Å². The first kappa shape index (κ1) is 24.7. The Morgan fingerprint density at radius 3 is 2.85 bits per heavy atom. The molecule has 1 aliphatic heterocycles. The molecule has 178 valence electrons. The van der Waals surface area contributed by atoms with Crippen LogP contribution in [-0.4, -0.2) is 75.6 Å². The monoisotopic (exact) mass is 453 g/mol. The van der Waals surface area contributed by atoms with Crippen LogP contribution in [0.2, 0.25) is 0 Å². The van der Waals surface area contributed by atoms with E-state index in [1.807, 2.05) is 37.2 Å². The van der Waals surface area contributed by atoms with Crippen molar-refractivity contribution in [2.45, 2.75) is 26.2 Å². The molecule has 1 saturated heterocycles. The highest BCUT2D eigenvalue weighted by molar-refractivity contribution is 5.80. The molecule has 8 nitrogen and oxygen atoms in total. The second-order valence-corrected chi connectivity index (χ2v) is 8.46. The molecule has 0 saturated carbocycles. The van der Waals surface area contributed by atoms with E-state index in [1.54, 1.807) is 6.21 Å². The highest BCUT2D eigenvalue weighted by Gasteiger charge is 2.14. The van der Waals surface area contributed by atoms with Crippen LogP contribution in [0.5, 0.6) is 0 Å². The smallest absolute Gasteiger partial charge is 0.307 e. The molecule has 33 heavy (non-hydrogen) atoms. The number of aromatic nitrogens is 1. The Morgan fingerprint density at radius 1 is 1.27 bits per heavy atom. The average molecular weight is 454 g/mol. The quantitative estimate of drug-likeness (QED) is 0.242. The number of carbonyl (C=O) groups excluding carboxylic acids is 1. The Bertz CT molecular complexity index is 926. The maximum atomic E-state index is 11.8. The number of benzene rings is 1. The minimum absolute atomic E-state index is 0.161. The number of rotatable bonds is 11. The molecule has 2 aromatic rings. The van der Waals surface area contributed by atoms with Crippen molar-refractivity contribution in [2.24, 2.45) is 5.10 Å². The Balaban J connectivity index is 1.61. The normalized spacial score (nSPS) is 14.1. The minimum atomic E-state index is -0.161. The van der Waals surface area contributed by atoms with E-state index in [4.69, 9.17) is 14.5 Å². The molecule has 0 bridgehead atoms. The summed E-state index contributed by atoms with van der Waals surface area (Å²) in [7, 11) is 3.88. The van der Waals surface area contributed by atoms with Gasteiger partial charge in [0.15, 0.2) is 0 Å². The fourth-order valence-corrected chi connectivity index (χ4v) is 3.51. The first-order chi connectivity index (χ1) is 16.0. The number of nitrogens with zero attached hydrogens (tertiary/aromatic N) is 4. The number of hydrazone groups is 1. The lowest BCUT2D eigenvalue weighted by molar-refractivity contribution is -0.144. The molecule has 0 atom stereocenters. The maximum Gasteiger partial charge on any atom is 0.307 e. The molecule has 1 aromatic heterocycles. The van der Waals surface area contributed by atoms with Gasteiger partial charge in [0.1, 0.15) is 5.82 Å². The van der Waals surface area contributed by atoms with Gasteiger partial charge in [-0.1, -0.05) is 29.8 Å². The molecule has 0 amide bonds. The zero-order valence-corrected chi connectivity index (χ0v) is 19.9. The Morgan fingerprint density at radius 2 is 2.09 bits per heavy atom. The number of carbonyl (C=O) groups is 1. The van der Waals surface area contributed by atoms with Crippen LogP contribution in [0.3, 0.4) is 0 Å². The van der Waals surface area contributed by atoms with Crippen LogP contribution < -0.4 is 10.3 Å². The number of esters is 1. The second-order valence-electron chi connectivity index (χ2n) is 8.46. The van der Waals surface area contributed by atoms with E-state index in [0.717, 1.165) is 56.1 Å². The van der Waals surface area contributed by atoms with Gasteiger partial charge in [0, 0.05) is 37.1 Å². The highest BCUT2D eigenvalue weighted by atomic mass is 16.5. The van der Waals surface area contributed by atoms with Gasteiger partial charge in [0.2, 0.25) is 0 Å². The molecule has 1 N–H and O–H groups in total. The van der Waals surface area contributed by atoms with Crippen LogP contribution >= 0.6 is 0 Å². The first-order valence-corrected chi connectivity index (χ1v) is 11.5. The number of pyridine rings is 1. The molecule has 0 radical (unpaired) electrons. The van der Waals surface area contributed by atoms with Crippen LogP contribution in [0, 0.1) is 6.92 Å². The molecule has 0 spiro atoms. The van der Waals surface area contributed by atoms with Crippen molar-refractivity contribution in [3.05, 3.63) is 53.2 Å². The second kappa shape index (κ2) is 12.9. The third-order valence-corrected chi connectivity index (χ3v) is 5.28.